The van der Waals surface area contributed by atoms with Gasteiger partial charge in [-0.15, -0.1) is 0 Å². The molecule has 0 bridgehead atoms. The molecule has 2 N–H and O–H groups in total. The van der Waals surface area contributed by atoms with Crippen LogP contribution in [0.4, 0.5) is 11.4 Å². The third-order valence-electron chi connectivity index (χ3n) is 4.08. The minimum atomic E-state index is -3.65. The van der Waals surface area contributed by atoms with Crippen LogP contribution in [0.5, 0.6) is 0 Å². The lowest BCUT2D eigenvalue weighted by molar-refractivity contribution is -0.120. The van der Waals surface area contributed by atoms with Crippen molar-refractivity contribution in [1.82, 2.24) is 0 Å². The van der Waals surface area contributed by atoms with E-state index in [2.05, 4.69) is 16.1 Å². The number of nitrogens with one attached hydrogen (secondary N) is 2. The van der Waals surface area contributed by atoms with Gasteiger partial charge in [0.25, 0.3) is 10.0 Å². The van der Waals surface area contributed by atoms with Crippen LogP contribution < -0.4 is 10.0 Å². The van der Waals surface area contributed by atoms with Gasteiger partial charge in [-0.3, -0.25) is 9.52 Å². The van der Waals surface area contributed by atoms with Gasteiger partial charge >= 0.3 is 0 Å². The lowest BCUT2D eigenvalue weighted by atomic mass is 9.93. The summed E-state index contributed by atoms with van der Waals surface area (Å²) in [4.78, 5) is 12.5. The molecule has 6 heteroatoms. The standard InChI is InChI=1S/C19H20N2O3S/c22-19(15-8-3-1-4-9-15)20-16-10-7-11-17(14-16)21-25(23,24)18-12-5-2-6-13-18/h1-3,5-7,10-15,21H,4,8-9H2,(H,20,22). The maximum Gasteiger partial charge on any atom is 0.261 e. The topological polar surface area (TPSA) is 75.3 Å². The van der Waals surface area contributed by atoms with E-state index in [-0.39, 0.29) is 16.7 Å². The highest BCUT2D eigenvalue weighted by Gasteiger charge is 2.19. The van der Waals surface area contributed by atoms with E-state index in [1.807, 2.05) is 6.08 Å². The van der Waals surface area contributed by atoms with Crippen molar-refractivity contribution in [2.45, 2.75) is 24.2 Å². The number of hydrogen-bond acceptors (Lipinski definition) is 3. The van der Waals surface area contributed by atoms with E-state index in [1.165, 1.54) is 12.1 Å². The Morgan fingerprint density at radius 3 is 2.44 bits per heavy atom. The number of rotatable bonds is 5. The fraction of sp³-hybridized carbons (Fsp3) is 0.211. The number of carbonyl (C=O) groups is 1. The van der Waals surface area contributed by atoms with E-state index < -0.39 is 10.0 Å². The lowest BCUT2D eigenvalue weighted by Gasteiger charge is -2.17. The average molecular weight is 356 g/mol. The summed E-state index contributed by atoms with van der Waals surface area (Å²) in [5, 5.41) is 2.87. The van der Waals surface area contributed by atoms with Crippen molar-refractivity contribution >= 4 is 27.3 Å². The first kappa shape index (κ1) is 17.2. The van der Waals surface area contributed by atoms with Gasteiger partial charge in [-0.2, -0.15) is 0 Å². The van der Waals surface area contributed by atoms with Crippen molar-refractivity contribution in [2.75, 3.05) is 10.0 Å². The fourth-order valence-electron chi connectivity index (χ4n) is 2.75. The Kier molecular flexibility index (Phi) is 5.19. The Morgan fingerprint density at radius 2 is 1.72 bits per heavy atom. The zero-order valence-corrected chi connectivity index (χ0v) is 14.5. The molecular weight excluding hydrogens is 336 g/mol. The van der Waals surface area contributed by atoms with Crippen molar-refractivity contribution in [3.63, 3.8) is 0 Å². The number of amides is 1. The Labute approximate surface area is 147 Å². The van der Waals surface area contributed by atoms with Crippen molar-refractivity contribution in [1.29, 1.82) is 0 Å². The largest absolute Gasteiger partial charge is 0.326 e. The second-order valence-corrected chi connectivity index (χ2v) is 7.65. The molecule has 25 heavy (non-hydrogen) atoms. The molecule has 0 saturated heterocycles. The zero-order chi connectivity index (χ0) is 17.7. The molecule has 1 atom stereocenters. The van der Waals surface area contributed by atoms with Gasteiger partial charge in [-0.1, -0.05) is 36.4 Å². The SMILES string of the molecule is O=C(Nc1cccc(NS(=O)(=O)c2ccccc2)c1)C1CC=CCC1. The second-order valence-electron chi connectivity index (χ2n) is 5.97. The molecule has 5 nitrogen and oxygen atoms in total. The third kappa shape index (κ3) is 4.48. The van der Waals surface area contributed by atoms with Gasteiger partial charge in [0.2, 0.25) is 5.91 Å². The summed E-state index contributed by atoms with van der Waals surface area (Å²) >= 11 is 0. The van der Waals surface area contributed by atoms with Crippen LogP contribution in [0.15, 0.2) is 71.6 Å². The molecule has 0 aliphatic heterocycles. The molecule has 2 aromatic rings. The molecule has 3 rings (SSSR count). The molecule has 0 saturated carbocycles. The molecule has 1 amide bonds. The van der Waals surface area contributed by atoms with Crippen LogP contribution in [-0.4, -0.2) is 14.3 Å². The van der Waals surface area contributed by atoms with E-state index >= 15 is 0 Å². The highest BCUT2D eigenvalue weighted by Crippen LogP contribution is 2.23. The first-order valence-electron chi connectivity index (χ1n) is 8.18. The molecular formula is C19H20N2O3S. The van der Waals surface area contributed by atoms with Crippen LogP contribution in [0.25, 0.3) is 0 Å². The van der Waals surface area contributed by atoms with Gasteiger partial charge in [-0.25, -0.2) is 8.42 Å². The first-order chi connectivity index (χ1) is 12.0. The van der Waals surface area contributed by atoms with Crippen molar-refractivity contribution in [3.8, 4) is 0 Å². The van der Waals surface area contributed by atoms with E-state index in [0.717, 1.165) is 19.3 Å². The average Bonchev–Trinajstić information content (AvgIpc) is 2.63. The van der Waals surface area contributed by atoms with Crippen molar-refractivity contribution in [3.05, 3.63) is 66.7 Å². The number of allylic oxidation sites excluding steroid dienone is 2. The maximum atomic E-state index is 12.4. The number of hydrogen-bond donors (Lipinski definition) is 2. The summed E-state index contributed by atoms with van der Waals surface area (Å²) in [6.07, 6.45) is 6.60. The minimum Gasteiger partial charge on any atom is -0.326 e. The molecule has 0 radical (unpaired) electrons. The molecule has 0 heterocycles. The van der Waals surface area contributed by atoms with Gasteiger partial charge in [0.05, 0.1) is 10.6 Å². The van der Waals surface area contributed by atoms with Gasteiger partial charge in [0, 0.05) is 11.6 Å². The minimum absolute atomic E-state index is 0.0327. The molecule has 0 fully saturated rings. The predicted molar refractivity (Wildman–Crippen MR) is 98.8 cm³/mol. The highest BCUT2D eigenvalue weighted by atomic mass is 32.2. The Morgan fingerprint density at radius 1 is 0.960 bits per heavy atom. The van der Waals surface area contributed by atoms with E-state index in [1.54, 1.807) is 42.5 Å². The van der Waals surface area contributed by atoms with E-state index in [0.29, 0.717) is 11.4 Å². The molecule has 0 spiro atoms. The number of benzene rings is 2. The molecule has 130 valence electrons. The van der Waals surface area contributed by atoms with Gasteiger partial charge in [0.1, 0.15) is 0 Å². The predicted octanol–water partition coefficient (Wildman–Crippen LogP) is 3.78. The van der Waals surface area contributed by atoms with E-state index in [4.69, 9.17) is 0 Å². The maximum absolute atomic E-state index is 12.4. The number of anilines is 2. The van der Waals surface area contributed by atoms with Gasteiger partial charge in [0.15, 0.2) is 0 Å². The monoisotopic (exact) mass is 356 g/mol. The number of carbonyl (C=O) groups excluding carboxylic acids is 1. The third-order valence-corrected chi connectivity index (χ3v) is 5.47. The van der Waals surface area contributed by atoms with Crippen LogP contribution in [-0.2, 0) is 14.8 Å². The lowest BCUT2D eigenvalue weighted by Crippen LogP contribution is -2.23. The Balaban J connectivity index is 1.71. The van der Waals surface area contributed by atoms with Gasteiger partial charge in [-0.05, 0) is 49.6 Å². The summed E-state index contributed by atoms with van der Waals surface area (Å²) in [6.45, 7) is 0. The van der Waals surface area contributed by atoms with Crippen LogP contribution in [0, 0.1) is 5.92 Å². The normalized spacial score (nSPS) is 17.0. The van der Waals surface area contributed by atoms with Crippen molar-refractivity contribution in [2.24, 2.45) is 5.92 Å². The summed E-state index contributed by atoms with van der Waals surface area (Å²) < 4.78 is 27.3. The van der Waals surface area contributed by atoms with E-state index in [9.17, 15) is 13.2 Å². The smallest absolute Gasteiger partial charge is 0.261 e. The molecule has 1 aliphatic rings. The first-order valence-corrected chi connectivity index (χ1v) is 9.67. The van der Waals surface area contributed by atoms with Crippen LogP contribution in [0.2, 0.25) is 0 Å². The van der Waals surface area contributed by atoms with Crippen LogP contribution >= 0.6 is 0 Å². The Hall–Kier alpha value is -2.60. The summed E-state index contributed by atoms with van der Waals surface area (Å²) in [5.74, 6) is -0.0675. The zero-order valence-electron chi connectivity index (χ0n) is 13.7. The van der Waals surface area contributed by atoms with Crippen LogP contribution in [0.3, 0.4) is 0 Å². The quantitative estimate of drug-likeness (QED) is 0.801. The van der Waals surface area contributed by atoms with Crippen LogP contribution in [0.1, 0.15) is 19.3 Å². The number of sulfonamides is 1. The molecule has 1 aliphatic carbocycles. The molecule has 2 aromatic carbocycles. The fourth-order valence-corrected chi connectivity index (χ4v) is 3.82. The molecule has 1 unspecified atom stereocenters. The second kappa shape index (κ2) is 7.53. The summed E-state index contributed by atoms with van der Waals surface area (Å²) in [5.41, 5.74) is 0.984. The Bertz CT molecular complexity index is 877. The molecule has 0 aromatic heterocycles. The van der Waals surface area contributed by atoms with Crippen molar-refractivity contribution < 1.29 is 13.2 Å². The van der Waals surface area contributed by atoms with Gasteiger partial charge < -0.3 is 5.32 Å². The highest BCUT2D eigenvalue weighted by molar-refractivity contribution is 7.92. The summed E-state index contributed by atoms with van der Waals surface area (Å²) in [7, 11) is -3.65. The summed E-state index contributed by atoms with van der Waals surface area (Å²) in [6, 6.07) is 14.9.